The first-order chi connectivity index (χ1) is 10.0. The van der Waals surface area contributed by atoms with E-state index in [2.05, 4.69) is 66.3 Å². The maximum Gasteiger partial charge on any atom is 0.0931 e. The number of hydrogen-bond acceptors (Lipinski definition) is 4. The largest absolute Gasteiger partial charge is 0.308 e. The second-order valence-corrected chi connectivity index (χ2v) is 6.80. The molecule has 2 aromatic rings. The third-order valence-corrected chi connectivity index (χ3v) is 4.28. The zero-order valence-corrected chi connectivity index (χ0v) is 15.5. The maximum atomic E-state index is 4.50. The Bertz CT molecular complexity index is 580. The minimum atomic E-state index is -0.00265. The summed E-state index contributed by atoms with van der Waals surface area (Å²) in [5, 5.41) is 7.79. The van der Waals surface area contributed by atoms with Gasteiger partial charge in [0, 0.05) is 17.2 Å². The third kappa shape index (κ3) is 4.12. The molecular formula is C14H19Br2N5. The average Bonchev–Trinajstić information content (AvgIpc) is 2.81. The molecule has 0 saturated heterocycles. The monoisotopic (exact) mass is 415 g/mol. The van der Waals surface area contributed by atoms with Crippen LogP contribution in [0.1, 0.15) is 17.4 Å². The summed E-state index contributed by atoms with van der Waals surface area (Å²) in [4.78, 5) is 6.65. The van der Waals surface area contributed by atoms with Crippen LogP contribution in [0.2, 0.25) is 0 Å². The van der Waals surface area contributed by atoms with E-state index < -0.39 is 0 Å². The highest BCUT2D eigenvalue weighted by molar-refractivity contribution is 9.10. The smallest absolute Gasteiger partial charge is 0.0931 e. The molecule has 114 valence electrons. The summed E-state index contributed by atoms with van der Waals surface area (Å²) < 4.78 is 3.99. The molecule has 0 aliphatic rings. The first kappa shape index (κ1) is 16.6. The molecule has 0 bridgehead atoms. The van der Waals surface area contributed by atoms with E-state index in [1.54, 1.807) is 0 Å². The topological polar surface area (TPSA) is 46.0 Å². The van der Waals surface area contributed by atoms with Gasteiger partial charge in [0.15, 0.2) is 0 Å². The average molecular weight is 417 g/mol. The molecule has 0 aliphatic heterocycles. The van der Waals surface area contributed by atoms with E-state index >= 15 is 0 Å². The zero-order chi connectivity index (χ0) is 15.4. The first-order valence-corrected chi connectivity index (χ1v) is 8.26. The molecule has 2 heterocycles. The highest BCUT2D eigenvalue weighted by Gasteiger charge is 2.21. The Morgan fingerprint density at radius 2 is 2.05 bits per heavy atom. The van der Waals surface area contributed by atoms with E-state index in [4.69, 9.17) is 0 Å². The summed E-state index contributed by atoms with van der Waals surface area (Å²) in [6.07, 6.45) is 3.66. The molecule has 1 unspecified atom stereocenters. The lowest BCUT2D eigenvalue weighted by molar-refractivity contribution is 0.366. The van der Waals surface area contributed by atoms with Gasteiger partial charge in [0.25, 0.3) is 0 Å². The molecule has 7 heteroatoms. The van der Waals surface area contributed by atoms with Crippen molar-refractivity contribution in [2.45, 2.75) is 12.6 Å². The molecule has 2 rings (SSSR count). The van der Waals surface area contributed by atoms with Crippen molar-refractivity contribution in [3.63, 3.8) is 0 Å². The van der Waals surface area contributed by atoms with Crippen LogP contribution in [0.5, 0.6) is 0 Å². The van der Waals surface area contributed by atoms with Crippen molar-refractivity contribution in [1.29, 1.82) is 0 Å². The SMILES string of the molecule is CNC(c1ccc(Br)cn1)c1c(Br)cnn1CCN(C)C. The van der Waals surface area contributed by atoms with Gasteiger partial charge in [0.05, 0.1) is 34.6 Å². The number of nitrogens with one attached hydrogen (secondary N) is 1. The summed E-state index contributed by atoms with van der Waals surface area (Å²) in [6.45, 7) is 1.77. The van der Waals surface area contributed by atoms with E-state index in [9.17, 15) is 0 Å². The summed E-state index contributed by atoms with van der Waals surface area (Å²) in [5.74, 6) is 0. The van der Waals surface area contributed by atoms with E-state index in [-0.39, 0.29) is 6.04 Å². The Morgan fingerprint density at radius 3 is 2.62 bits per heavy atom. The lowest BCUT2D eigenvalue weighted by atomic mass is 10.1. The maximum absolute atomic E-state index is 4.50. The molecule has 21 heavy (non-hydrogen) atoms. The molecule has 0 saturated carbocycles. The van der Waals surface area contributed by atoms with Gasteiger partial charge < -0.3 is 10.2 Å². The van der Waals surface area contributed by atoms with Crippen molar-refractivity contribution in [2.24, 2.45) is 0 Å². The van der Waals surface area contributed by atoms with Crippen molar-refractivity contribution in [3.05, 3.63) is 44.9 Å². The predicted molar refractivity (Wildman–Crippen MR) is 91.3 cm³/mol. The third-order valence-electron chi connectivity index (χ3n) is 3.20. The van der Waals surface area contributed by atoms with Crippen LogP contribution in [0.25, 0.3) is 0 Å². The Kier molecular flexibility index (Phi) is 5.92. The highest BCUT2D eigenvalue weighted by atomic mass is 79.9. The Balaban J connectivity index is 2.33. The highest BCUT2D eigenvalue weighted by Crippen LogP contribution is 2.27. The van der Waals surface area contributed by atoms with Crippen LogP contribution in [0.15, 0.2) is 33.5 Å². The standard InChI is InChI=1S/C14H19Br2N5/c1-17-13(12-5-4-10(15)8-18-12)14-11(16)9-19-21(14)7-6-20(2)3/h4-5,8-9,13,17H,6-7H2,1-3H3. The van der Waals surface area contributed by atoms with Gasteiger partial charge in [-0.3, -0.25) is 9.67 Å². The first-order valence-electron chi connectivity index (χ1n) is 6.67. The molecule has 2 aromatic heterocycles. The summed E-state index contributed by atoms with van der Waals surface area (Å²) in [6, 6.07) is 4.01. The number of aromatic nitrogens is 3. The molecule has 0 aliphatic carbocycles. The normalized spacial score (nSPS) is 12.9. The quantitative estimate of drug-likeness (QED) is 0.786. The van der Waals surface area contributed by atoms with E-state index in [1.165, 1.54) is 0 Å². The Morgan fingerprint density at radius 1 is 1.29 bits per heavy atom. The summed E-state index contributed by atoms with van der Waals surface area (Å²) in [5.41, 5.74) is 2.06. The minimum Gasteiger partial charge on any atom is -0.308 e. The Labute approximate surface area is 142 Å². The second kappa shape index (κ2) is 7.49. The summed E-state index contributed by atoms with van der Waals surface area (Å²) >= 11 is 7.02. The number of hydrogen-bond donors (Lipinski definition) is 1. The number of halogens is 2. The van der Waals surface area contributed by atoms with E-state index in [0.717, 1.165) is 33.4 Å². The van der Waals surface area contributed by atoms with Crippen molar-refractivity contribution in [2.75, 3.05) is 27.7 Å². The van der Waals surface area contributed by atoms with Gasteiger partial charge in [0.1, 0.15) is 0 Å². The summed E-state index contributed by atoms with van der Waals surface area (Å²) in [7, 11) is 6.05. The van der Waals surface area contributed by atoms with Gasteiger partial charge in [0.2, 0.25) is 0 Å². The molecule has 5 nitrogen and oxygen atoms in total. The zero-order valence-electron chi connectivity index (χ0n) is 12.3. The fraction of sp³-hybridized carbons (Fsp3) is 0.429. The van der Waals surface area contributed by atoms with Crippen molar-refractivity contribution in [3.8, 4) is 0 Å². The van der Waals surface area contributed by atoms with E-state index in [1.807, 2.05) is 36.3 Å². The van der Waals surface area contributed by atoms with Gasteiger partial charge in [-0.05, 0) is 65.1 Å². The molecule has 1 atom stereocenters. The number of nitrogens with zero attached hydrogens (tertiary/aromatic N) is 4. The fourth-order valence-corrected chi connectivity index (χ4v) is 2.87. The molecule has 0 amide bonds. The lowest BCUT2D eigenvalue weighted by Crippen LogP contribution is -2.26. The predicted octanol–water partition coefficient (Wildman–Crippen LogP) is 2.67. The van der Waals surface area contributed by atoms with Gasteiger partial charge in [-0.2, -0.15) is 5.10 Å². The van der Waals surface area contributed by atoms with Crippen LogP contribution in [0.3, 0.4) is 0 Å². The van der Waals surface area contributed by atoms with Crippen molar-refractivity contribution < 1.29 is 0 Å². The molecule has 0 spiro atoms. The van der Waals surface area contributed by atoms with Crippen molar-refractivity contribution in [1.82, 2.24) is 25.0 Å². The molecular weight excluding hydrogens is 398 g/mol. The number of rotatable bonds is 6. The van der Waals surface area contributed by atoms with Crippen LogP contribution in [0.4, 0.5) is 0 Å². The van der Waals surface area contributed by atoms with Gasteiger partial charge in [-0.1, -0.05) is 0 Å². The molecule has 1 N–H and O–H groups in total. The van der Waals surface area contributed by atoms with Crippen LogP contribution < -0.4 is 5.32 Å². The number of likely N-dealkylation sites (N-methyl/N-ethyl adjacent to an activating group) is 1. The second-order valence-electron chi connectivity index (χ2n) is 5.03. The van der Waals surface area contributed by atoms with Crippen LogP contribution in [-0.4, -0.2) is 47.4 Å². The molecule has 0 fully saturated rings. The molecule has 0 radical (unpaired) electrons. The van der Waals surface area contributed by atoms with Gasteiger partial charge >= 0.3 is 0 Å². The van der Waals surface area contributed by atoms with Gasteiger partial charge in [-0.15, -0.1) is 0 Å². The minimum absolute atomic E-state index is 0.00265. The molecule has 0 aromatic carbocycles. The van der Waals surface area contributed by atoms with Crippen LogP contribution >= 0.6 is 31.9 Å². The Hall–Kier alpha value is -0.760. The van der Waals surface area contributed by atoms with Crippen molar-refractivity contribution >= 4 is 31.9 Å². The van der Waals surface area contributed by atoms with Crippen LogP contribution in [0, 0.1) is 0 Å². The fourth-order valence-electron chi connectivity index (χ4n) is 2.11. The lowest BCUT2D eigenvalue weighted by Gasteiger charge is -2.19. The number of pyridine rings is 1. The van der Waals surface area contributed by atoms with E-state index in [0.29, 0.717) is 0 Å². The van der Waals surface area contributed by atoms with Gasteiger partial charge in [-0.25, -0.2) is 0 Å². The van der Waals surface area contributed by atoms with Crippen LogP contribution in [-0.2, 0) is 6.54 Å².